The van der Waals surface area contributed by atoms with Crippen LogP contribution < -0.4 is 5.14 Å². The molecule has 0 radical (unpaired) electrons. The first kappa shape index (κ1) is 15.1. The van der Waals surface area contributed by atoms with Crippen molar-refractivity contribution in [2.45, 2.75) is 24.3 Å². The number of rotatable bonds is 6. The molecule has 1 aromatic carbocycles. The number of hydrogen-bond acceptors (Lipinski definition) is 4. The van der Waals surface area contributed by atoms with Gasteiger partial charge < -0.3 is 10.0 Å². The zero-order valence-corrected chi connectivity index (χ0v) is 11.5. The highest BCUT2D eigenvalue weighted by atomic mass is 32.2. The molecule has 0 spiro atoms. The maximum atomic E-state index is 11.1. The summed E-state index contributed by atoms with van der Waals surface area (Å²) in [6.07, 6.45) is 0.797. The maximum absolute atomic E-state index is 11.1. The van der Waals surface area contributed by atoms with E-state index in [9.17, 15) is 8.42 Å². The summed E-state index contributed by atoms with van der Waals surface area (Å²) in [5.74, 6) is 0. The van der Waals surface area contributed by atoms with Gasteiger partial charge in [-0.15, -0.1) is 0 Å². The number of aliphatic hydroxyl groups excluding tert-OH is 1. The molecule has 18 heavy (non-hydrogen) atoms. The molecule has 0 saturated carbocycles. The van der Waals surface area contributed by atoms with Gasteiger partial charge in [-0.2, -0.15) is 0 Å². The zero-order chi connectivity index (χ0) is 13.8. The summed E-state index contributed by atoms with van der Waals surface area (Å²) < 4.78 is 22.2. The minimum Gasteiger partial charge on any atom is -0.395 e. The molecule has 102 valence electrons. The van der Waals surface area contributed by atoms with Crippen LogP contribution in [0.2, 0.25) is 0 Å². The van der Waals surface area contributed by atoms with Crippen molar-refractivity contribution in [3.8, 4) is 0 Å². The highest BCUT2D eigenvalue weighted by molar-refractivity contribution is 7.89. The standard InChI is InChI=1S/C12H20N2O3S/c1-10(9-15)14(2)8-7-11-3-5-12(6-4-11)18(13,16)17/h3-6,10,15H,7-9H2,1-2H3,(H2,13,16,17). The molecule has 0 aliphatic carbocycles. The minimum absolute atomic E-state index is 0.119. The van der Waals surface area contributed by atoms with Crippen molar-refractivity contribution in [3.05, 3.63) is 29.8 Å². The highest BCUT2D eigenvalue weighted by Crippen LogP contribution is 2.09. The lowest BCUT2D eigenvalue weighted by Crippen LogP contribution is -2.33. The summed E-state index contributed by atoms with van der Waals surface area (Å²) in [5, 5.41) is 14.0. The van der Waals surface area contributed by atoms with E-state index in [0.29, 0.717) is 0 Å². The summed E-state index contributed by atoms with van der Waals surface area (Å²) in [6, 6.07) is 6.67. The Morgan fingerprint density at radius 1 is 1.33 bits per heavy atom. The fourth-order valence-corrected chi connectivity index (χ4v) is 2.03. The lowest BCUT2D eigenvalue weighted by atomic mass is 10.1. The summed E-state index contributed by atoms with van der Waals surface area (Å²) >= 11 is 0. The first-order valence-electron chi connectivity index (χ1n) is 5.77. The van der Waals surface area contributed by atoms with Gasteiger partial charge in [-0.05, 0) is 38.1 Å². The molecule has 0 amide bonds. The third-order valence-corrected chi connectivity index (χ3v) is 3.95. The Balaban J connectivity index is 2.60. The first-order valence-corrected chi connectivity index (χ1v) is 7.32. The number of hydrogen-bond donors (Lipinski definition) is 2. The Labute approximate surface area is 108 Å². The van der Waals surface area contributed by atoms with E-state index in [1.807, 2.05) is 18.9 Å². The fraction of sp³-hybridized carbons (Fsp3) is 0.500. The lowest BCUT2D eigenvalue weighted by molar-refractivity contribution is 0.160. The van der Waals surface area contributed by atoms with Gasteiger partial charge in [0.2, 0.25) is 10.0 Å². The first-order chi connectivity index (χ1) is 8.34. The molecule has 1 unspecified atom stereocenters. The average Bonchev–Trinajstić information content (AvgIpc) is 2.34. The Kier molecular flexibility index (Phi) is 5.28. The SMILES string of the molecule is CC(CO)N(C)CCc1ccc(S(N)(=O)=O)cc1. The molecule has 0 bridgehead atoms. The molecule has 5 nitrogen and oxygen atoms in total. The Morgan fingerprint density at radius 3 is 2.33 bits per heavy atom. The molecule has 0 heterocycles. The zero-order valence-electron chi connectivity index (χ0n) is 10.7. The number of nitrogens with two attached hydrogens (primary N) is 1. The van der Waals surface area contributed by atoms with Crippen LogP contribution in [0, 0.1) is 0 Å². The van der Waals surface area contributed by atoms with Crippen molar-refractivity contribution >= 4 is 10.0 Å². The number of aliphatic hydroxyl groups is 1. The molecule has 0 aromatic heterocycles. The van der Waals surface area contributed by atoms with E-state index in [4.69, 9.17) is 10.2 Å². The fourth-order valence-electron chi connectivity index (χ4n) is 1.51. The van der Waals surface area contributed by atoms with Crippen LogP contribution in [0.3, 0.4) is 0 Å². The second-order valence-electron chi connectivity index (χ2n) is 4.45. The summed E-state index contributed by atoms with van der Waals surface area (Å²) in [7, 11) is -1.67. The number of benzene rings is 1. The van der Waals surface area contributed by atoms with Crippen molar-refractivity contribution in [1.29, 1.82) is 0 Å². The summed E-state index contributed by atoms with van der Waals surface area (Å²) in [5.41, 5.74) is 1.04. The van der Waals surface area contributed by atoms with E-state index >= 15 is 0 Å². The molecule has 0 aliphatic rings. The highest BCUT2D eigenvalue weighted by Gasteiger charge is 2.09. The Hall–Kier alpha value is -0.950. The Bertz CT molecular complexity index is 471. The number of primary sulfonamides is 1. The van der Waals surface area contributed by atoms with Gasteiger partial charge in [0.25, 0.3) is 0 Å². The van der Waals surface area contributed by atoms with Crippen molar-refractivity contribution in [1.82, 2.24) is 4.90 Å². The van der Waals surface area contributed by atoms with Gasteiger partial charge in [0.05, 0.1) is 11.5 Å². The van der Waals surface area contributed by atoms with E-state index in [2.05, 4.69) is 0 Å². The maximum Gasteiger partial charge on any atom is 0.238 e. The van der Waals surface area contributed by atoms with Crippen LogP contribution in [0.25, 0.3) is 0 Å². The van der Waals surface area contributed by atoms with Crippen molar-refractivity contribution < 1.29 is 13.5 Å². The predicted octanol–water partition coefficient (Wildman–Crippen LogP) is 0.189. The van der Waals surface area contributed by atoms with Crippen LogP contribution in [0.4, 0.5) is 0 Å². The molecule has 1 rings (SSSR count). The normalized spacial score (nSPS) is 13.8. The Morgan fingerprint density at radius 2 is 1.89 bits per heavy atom. The van der Waals surface area contributed by atoms with Crippen LogP contribution in [0.5, 0.6) is 0 Å². The third-order valence-electron chi connectivity index (χ3n) is 3.02. The van der Waals surface area contributed by atoms with Crippen LogP contribution in [0.15, 0.2) is 29.2 Å². The van der Waals surface area contributed by atoms with Gasteiger partial charge in [0.15, 0.2) is 0 Å². The van der Waals surface area contributed by atoms with Gasteiger partial charge in [0, 0.05) is 12.6 Å². The van der Waals surface area contributed by atoms with Gasteiger partial charge in [-0.1, -0.05) is 12.1 Å². The van der Waals surface area contributed by atoms with Crippen molar-refractivity contribution in [2.75, 3.05) is 20.2 Å². The van der Waals surface area contributed by atoms with E-state index < -0.39 is 10.0 Å². The van der Waals surface area contributed by atoms with E-state index in [0.717, 1.165) is 18.5 Å². The van der Waals surface area contributed by atoms with E-state index in [1.165, 1.54) is 12.1 Å². The monoisotopic (exact) mass is 272 g/mol. The van der Waals surface area contributed by atoms with Crippen molar-refractivity contribution in [2.24, 2.45) is 5.14 Å². The number of likely N-dealkylation sites (N-methyl/N-ethyl adjacent to an activating group) is 1. The van der Waals surface area contributed by atoms with Gasteiger partial charge in [-0.3, -0.25) is 0 Å². The molecule has 0 fully saturated rings. The molecular formula is C12H20N2O3S. The molecule has 3 N–H and O–H groups in total. The smallest absolute Gasteiger partial charge is 0.238 e. The van der Waals surface area contributed by atoms with E-state index in [1.54, 1.807) is 12.1 Å². The summed E-state index contributed by atoms with van der Waals surface area (Å²) in [6.45, 7) is 2.88. The van der Waals surface area contributed by atoms with Gasteiger partial charge in [-0.25, -0.2) is 13.6 Å². The molecule has 1 atom stereocenters. The quantitative estimate of drug-likeness (QED) is 0.774. The topological polar surface area (TPSA) is 83.6 Å². The molecule has 6 heteroatoms. The number of nitrogens with zero attached hydrogens (tertiary/aromatic N) is 1. The lowest BCUT2D eigenvalue weighted by Gasteiger charge is -2.22. The number of sulfonamides is 1. The third kappa shape index (κ3) is 4.38. The van der Waals surface area contributed by atoms with Gasteiger partial charge in [0.1, 0.15) is 0 Å². The van der Waals surface area contributed by atoms with Gasteiger partial charge >= 0.3 is 0 Å². The second kappa shape index (κ2) is 6.29. The van der Waals surface area contributed by atoms with Crippen LogP contribution in [-0.4, -0.2) is 44.7 Å². The molecule has 0 saturated heterocycles. The molecule has 1 aromatic rings. The second-order valence-corrected chi connectivity index (χ2v) is 6.01. The summed E-state index contributed by atoms with van der Waals surface area (Å²) in [4.78, 5) is 2.18. The van der Waals surface area contributed by atoms with Crippen LogP contribution in [0.1, 0.15) is 12.5 Å². The largest absolute Gasteiger partial charge is 0.395 e. The molecular weight excluding hydrogens is 252 g/mol. The average molecular weight is 272 g/mol. The predicted molar refractivity (Wildman–Crippen MR) is 70.7 cm³/mol. The van der Waals surface area contributed by atoms with Crippen molar-refractivity contribution in [3.63, 3.8) is 0 Å². The minimum atomic E-state index is -3.61. The van der Waals surface area contributed by atoms with E-state index in [-0.39, 0.29) is 17.5 Å². The molecule has 0 aliphatic heterocycles. The van der Waals surface area contributed by atoms with Crippen LogP contribution >= 0.6 is 0 Å². The van der Waals surface area contributed by atoms with Crippen LogP contribution in [-0.2, 0) is 16.4 Å².